The second kappa shape index (κ2) is 5.97. The summed E-state index contributed by atoms with van der Waals surface area (Å²) in [6.07, 6.45) is -4.33. The third-order valence-electron chi connectivity index (χ3n) is 3.05. The average molecular weight is 344 g/mol. The highest BCUT2D eigenvalue weighted by atomic mass is 79.9. The number of nitrogens with one attached hydrogen (secondary N) is 1. The van der Waals surface area contributed by atoms with Crippen molar-refractivity contribution in [3.05, 3.63) is 69.7 Å². The Morgan fingerprint density at radius 3 is 2.35 bits per heavy atom. The van der Waals surface area contributed by atoms with Gasteiger partial charge in [0.05, 0.1) is 11.6 Å². The van der Waals surface area contributed by atoms with Crippen LogP contribution in [-0.4, -0.2) is 7.05 Å². The molecule has 5 heteroatoms. The van der Waals surface area contributed by atoms with Crippen molar-refractivity contribution in [2.45, 2.75) is 12.2 Å². The zero-order valence-corrected chi connectivity index (χ0v) is 12.3. The van der Waals surface area contributed by atoms with Crippen LogP contribution in [0.15, 0.2) is 53.0 Å². The maximum Gasteiger partial charge on any atom is 0.416 e. The van der Waals surface area contributed by atoms with Crippen LogP contribution in [0.4, 0.5) is 13.2 Å². The molecule has 1 atom stereocenters. The predicted octanol–water partition coefficient (Wildman–Crippen LogP) is 4.78. The monoisotopic (exact) mass is 343 g/mol. The Kier molecular flexibility index (Phi) is 4.50. The zero-order chi connectivity index (χ0) is 14.8. The summed E-state index contributed by atoms with van der Waals surface area (Å²) < 4.78 is 39.2. The van der Waals surface area contributed by atoms with Crippen molar-refractivity contribution in [2.75, 3.05) is 7.05 Å². The van der Waals surface area contributed by atoms with Crippen molar-refractivity contribution in [1.29, 1.82) is 0 Å². The highest BCUT2D eigenvalue weighted by Gasteiger charge is 2.31. The molecule has 0 aromatic heterocycles. The van der Waals surface area contributed by atoms with E-state index in [1.807, 2.05) is 24.3 Å². The van der Waals surface area contributed by atoms with E-state index in [4.69, 9.17) is 0 Å². The first-order valence-corrected chi connectivity index (χ1v) is 6.81. The summed E-state index contributed by atoms with van der Waals surface area (Å²) >= 11 is 3.43. The number of halogens is 4. The van der Waals surface area contributed by atoms with Gasteiger partial charge in [0.1, 0.15) is 0 Å². The van der Waals surface area contributed by atoms with E-state index >= 15 is 0 Å². The van der Waals surface area contributed by atoms with Crippen molar-refractivity contribution in [3.63, 3.8) is 0 Å². The highest BCUT2D eigenvalue weighted by Crippen LogP contribution is 2.33. The van der Waals surface area contributed by atoms with Gasteiger partial charge in [0.2, 0.25) is 0 Å². The lowest BCUT2D eigenvalue weighted by atomic mass is 9.97. The molecule has 106 valence electrons. The second-order valence-corrected chi connectivity index (χ2v) is 5.22. The van der Waals surface area contributed by atoms with Crippen molar-refractivity contribution >= 4 is 15.9 Å². The summed E-state index contributed by atoms with van der Waals surface area (Å²) in [5.74, 6) is 0. The molecule has 0 spiro atoms. The topological polar surface area (TPSA) is 12.0 Å². The van der Waals surface area contributed by atoms with E-state index in [2.05, 4.69) is 21.2 Å². The quantitative estimate of drug-likeness (QED) is 0.845. The van der Waals surface area contributed by atoms with Gasteiger partial charge in [-0.25, -0.2) is 0 Å². The fourth-order valence-electron chi connectivity index (χ4n) is 2.11. The molecule has 0 fully saturated rings. The molecule has 1 unspecified atom stereocenters. The van der Waals surface area contributed by atoms with E-state index in [0.29, 0.717) is 5.56 Å². The van der Waals surface area contributed by atoms with Crippen molar-refractivity contribution in [1.82, 2.24) is 5.32 Å². The molecule has 0 saturated carbocycles. The molecule has 0 saturated heterocycles. The van der Waals surface area contributed by atoms with E-state index in [0.717, 1.165) is 16.1 Å². The Morgan fingerprint density at radius 1 is 1.05 bits per heavy atom. The van der Waals surface area contributed by atoms with Gasteiger partial charge in [-0.05, 0) is 36.4 Å². The number of hydrogen-bond acceptors (Lipinski definition) is 1. The van der Waals surface area contributed by atoms with Gasteiger partial charge in [0.15, 0.2) is 0 Å². The second-order valence-electron chi connectivity index (χ2n) is 4.37. The van der Waals surface area contributed by atoms with Crippen LogP contribution in [0.25, 0.3) is 0 Å². The van der Waals surface area contributed by atoms with Crippen LogP contribution in [0.5, 0.6) is 0 Å². The molecule has 0 aliphatic rings. The zero-order valence-electron chi connectivity index (χ0n) is 10.7. The van der Waals surface area contributed by atoms with Gasteiger partial charge in [-0.15, -0.1) is 0 Å². The predicted molar refractivity (Wildman–Crippen MR) is 76.5 cm³/mol. The largest absolute Gasteiger partial charge is 0.416 e. The van der Waals surface area contributed by atoms with Crippen LogP contribution < -0.4 is 5.32 Å². The lowest BCUT2D eigenvalue weighted by molar-refractivity contribution is -0.137. The third-order valence-corrected chi connectivity index (χ3v) is 3.77. The van der Waals surface area contributed by atoms with Gasteiger partial charge in [0, 0.05) is 4.47 Å². The van der Waals surface area contributed by atoms with Crippen LogP contribution in [0.1, 0.15) is 22.7 Å². The smallest absolute Gasteiger partial charge is 0.309 e. The first kappa shape index (κ1) is 15.1. The fourth-order valence-corrected chi connectivity index (χ4v) is 2.62. The SMILES string of the molecule is CNC(c1cccc(C(F)(F)F)c1)c1ccccc1Br. The van der Waals surface area contributed by atoms with Crippen molar-refractivity contribution in [2.24, 2.45) is 0 Å². The number of rotatable bonds is 3. The van der Waals surface area contributed by atoms with Crippen LogP contribution in [0.2, 0.25) is 0 Å². The van der Waals surface area contributed by atoms with Crippen LogP contribution in [0, 0.1) is 0 Å². The van der Waals surface area contributed by atoms with Crippen LogP contribution >= 0.6 is 15.9 Å². The summed E-state index contributed by atoms with van der Waals surface area (Å²) in [5, 5.41) is 3.06. The van der Waals surface area contributed by atoms with Gasteiger partial charge in [-0.1, -0.05) is 46.3 Å². The lowest BCUT2D eigenvalue weighted by Crippen LogP contribution is -2.19. The van der Waals surface area contributed by atoms with Gasteiger partial charge >= 0.3 is 6.18 Å². The average Bonchev–Trinajstić information content (AvgIpc) is 2.41. The van der Waals surface area contributed by atoms with Crippen LogP contribution in [0.3, 0.4) is 0 Å². The number of benzene rings is 2. The van der Waals surface area contributed by atoms with Gasteiger partial charge < -0.3 is 5.32 Å². The lowest BCUT2D eigenvalue weighted by Gasteiger charge is -2.20. The minimum absolute atomic E-state index is 0.298. The van der Waals surface area contributed by atoms with Crippen molar-refractivity contribution in [3.8, 4) is 0 Å². The molecule has 0 radical (unpaired) electrons. The molecule has 0 bridgehead atoms. The Balaban J connectivity index is 2.46. The Labute approximate surface area is 123 Å². The molecule has 2 rings (SSSR count). The molecule has 0 aliphatic carbocycles. The Hall–Kier alpha value is -1.33. The molecular weight excluding hydrogens is 331 g/mol. The minimum atomic E-state index is -4.33. The third kappa shape index (κ3) is 3.22. The molecule has 2 aromatic rings. The van der Waals surface area contributed by atoms with E-state index < -0.39 is 11.7 Å². The summed E-state index contributed by atoms with van der Waals surface area (Å²) in [7, 11) is 1.73. The first-order valence-electron chi connectivity index (χ1n) is 6.02. The molecule has 2 aromatic carbocycles. The molecule has 0 heterocycles. The molecular formula is C15H13BrF3N. The molecule has 1 nitrogen and oxygen atoms in total. The molecule has 0 aliphatic heterocycles. The van der Waals surface area contributed by atoms with Crippen LogP contribution in [-0.2, 0) is 6.18 Å². The van der Waals surface area contributed by atoms with E-state index in [-0.39, 0.29) is 6.04 Å². The minimum Gasteiger partial charge on any atom is -0.309 e. The molecule has 20 heavy (non-hydrogen) atoms. The summed E-state index contributed by atoms with van der Waals surface area (Å²) in [4.78, 5) is 0. The maximum absolute atomic E-state index is 12.8. The van der Waals surface area contributed by atoms with Gasteiger partial charge in [-0.2, -0.15) is 13.2 Å². The van der Waals surface area contributed by atoms with E-state index in [1.54, 1.807) is 13.1 Å². The summed E-state index contributed by atoms with van der Waals surface area (Å²) in [6, 6.07) is 12.6. The normalized spacial score (nSPS) is 13.2. The van der Waals surface area contributed by atoms with Gasteiger partial charge in [-0.3, -0.25) is 0 Å². The Bertz CT molecular complexity index is 596. The Morgan fingerprint density at radius 2 is 1.75 bits per heavy atom. The highest BCUT2D eigenvalue weighted by molar-refractivity contribution is 9.10. The standard InChI is InChI=1S/C15H13BrF3N/c1-20-14(12-7-2-3-8-13(12)16)10-5-4-6-11(9-10)15(17,18)19/h2-9,14,20H,1H3. The summed E-state index contributed by atoms with van der Waals surface area (Å²) in [6.45, 7) is 0. The van der Waals surface area contributed by atoms with Crippen molar-refractivity contribution < 1.29 is 13.2 Å². The molecule has 0 amide bonds. The summed E-state index contributed by atoms with van der Waals surface area (Å²) in [5.41, 5.74) is 0.839. The first-order chi connectivity index (χ1) is 9.43. The van der Waals surface area contributed by atoms with E-state index in [9.17, 15) is 13.2 Å². The molecule has 1 N–H and O–H groups in total. The number of alkyl halides is 3. The number of hydrogen-bond donors (Lipinski definition) is 1. The fraction of sp³-hybridized carbons (Fsp3) is 0.200. The maximum atomic E-state index is 12.8. The van der Waals surface area contributed by atoms with E-state index in [1.165, 1.54) is 12.1 Å². The van der Waals surface area contributed by atoms with Gasteiger partial charge in [0.25, 0.3) is 0 Å².